The Bertz CT molecular complexity index is 328. The smallest absolute Gasteiger partial charge is 0.0682 e. The topological polar surface area (TPSA) is 33.1 Å². The van der Waals surface area contributed by atoms with Gasteiger partial charge in [0.2, 0.25) is 0 Å². The van der Waals surface area contributed by atoms with Gasteiger partial charge < -0.3 is 10.2 Å². The van der Waals surface area contributed by atoms with Crippen molar-refractivity contribution in [1.82, 2.24) is 20.0 Å². The van der Waals surface area contributed by atoms with Crippen LogP contribution in [0.4, 0.5) is 0 Å². The summed E-state index contributed by atoms with van der Waals surface area (Å²) in [5, 5.41) is 8.05. The van der Waals surface area contributed by atoms with Crippen molar-refractivity contribution < 1.29 is 0 Å². The molecule has 1 N–H and O–H groups in total. The van der Waals surface area contributed by atoms with Gasteiger partial charge in [-0.1, -0.05) is 0 Å². The number of aromatic nitrogens is 2. The Morgan fingerprint density at radius 2 is 2.12 bits per heavy atom. The van der Waals surface area contributed by atoms with Crippen molar-refractivity contribution in [3.63, 3.8) is 0 Å². The van der Waals surface area contributed by atoms with Crippen LogP contribution in [0, 0.1) is 0 Å². The van der Waals surface area contributed by atoms with Gasteiger partial charge in [-0.25, -0.2) is 0 Å². The number of fused-ring (bicyclic) bond motifs is 1. The Morgan fingerprint density at radius 3 is 2.94 bits per heavy atom. The van der Waals surface area contributed by atoms with E-state index >= 15 is 0 Å². The fourth-order valence-corrected chi connectivity index (χ4v) is 2.66. The molecule has 0 aromatic carbocycles. The number of hydrogen-bond acceptors (Lipinski definition) is 3. The summed E-state index contributed by atoms with van der Waals surface area (Å²) >= 11 is 0. The maximum Gasteiger partial charge on any atom is 0.0682 e. The predicted octanol–water partition coefficient (Wildman–Crippen LogP) is 0.625. The molecule has 0 saturated carbocycles. The second-order valence-electron chi connectivity index (χ2n) is 4.84. The van der Waals surface area contributed by atoms with Gasteiger partial charge in [-0.05, 0) is 25.9 Å². The molecular formula is C12H20N4. The first kappa shape index (κ1) is 10.3. The van der Waals surface area contributed by atoms with Gasteiger partial charge in [0, 0.05) is 37.8 Å². The molecule has 1 saturated heterocycles. The van der Waals surface area contributed by atoms with Crippen molar-refractivity contribution in [2.45, 2.75) is 32.4 Å². The predicted molar refractivity (Wildman–Crippen MR) is 63.3 cm³/mol. The normalized spacial score (nSPS) is 21.2. The molecular weight excluding hydrogens is 200 g/mol. The van der Waals surface area contributed by atoms with E-state index < -0.39 is 0 Å². The molecule has 0 amide bonds. The van der Waals surface area contributed by atoms with Crippen LogP contribution in [0.15, 0.2) is 6.20 Å². The largest absolute Gasteiger partial charge is 0.312 e. The van der Waals surface area contributed by atoms with Crippen LogP contribution in [0.5, 0.6) is 0 Å². The zero-order valence-corrected chi connectivity index (χ0v) is 9.78. The molecule has 0 aliphatic carbocycles. The third kappa shape index (κ3) is 2.13. The van der Waals surface area contributed by atoms with E-state index in [1.807, 2.05) is 0 Å². The van der Waals surface area contributed by atoms with Gasteiger partial charge in [0.1, 0.15) is 0 Å². The Labute approximate surface area is 96.6 Å². The van der Waals surface area contributed by atoms with Crippen LogP contribution in [-0.4, -0.2) is 40.9 Å². The van der Waals surface area contributed by atoms with Gasteiger partial charge in [0.05, 0.1) is 12.2 Å². The maximum absolute atomic E-state index is 4.66. The molecule has 0 spiro atoms. The van der Waals surface area contributed by atoms with Gasteiger partial charge in [-0.2, -0.15) is 5.10 Å². The van der Waals surface area contributed by atoms with Gasteiger partial charge in [-0.3, -0.25) is 4.68 Å². The van der Waals surface area contributed by atoms with E-state index in [4.69, 9.17) is 0 Å². The van der Waals surface area contributed by atoms with E-state index in [2.05, 4.69) is 26.2 Å². The molecule has 88 valence electrons. The summed E-state index contributed by atoms with van der Waals surface area (Å²) < 4.78 is 2.13. The van der Waals surface area contributed by atoms with Crippen LogP contribution in [0.25, 0.3) is 0 Å². The molecule has 0 bridgehead atoms. The molecule has 0 radical (unpaired) electrons. The highest BCUT2D eigenvalue weighted by molar-refractivity contribution is 5.19. The van der Waals surface area contributed by atoms with Crippen molar-refractivity contribution in [3.8, 4) is 0 Å². The summed E-state index contributed by atoms with van der Waals surface area (Å²) in [5.41, 5.74) is 2.70. The van der Waals surface area contributed by atoms with Crippen molar-refractivity contribution in [1.29, 1.82) is 0 Å². The highest BCUT2D eigenvalue weighted by Gasteiger charge is 2.14. The summed E-state index contributed by atoms with van der Waals surface area (Å²) in [6.07, 6.45) is 6.06. The lowest BCUT2D eigenvalue weighted by Gasteiger charge is -2.13. The monoisotopic (exact) mass is 220 g/mol. The Balaban J connectivity index is 1.59. The van der Waals surface area contributed by atoms with Crippen molar-refractivity contribution in [3.05, 3.63) is 17.5 Å². The minimum Gasteiger partial charge on any atom is -0.312 e. The molecule has 16 heavy (non-hydrogen) atoms. The third-order valence-corrected chi connectivity index (χ3v) is 3.62. The fourth-order valence-electron chi connectivity index (χ4n) is 2.66. The second-order valence-corrected chi connectivity index (χ2v) is 4.84. The summed E-state index contributed by atoms with van der Waals surface area (Å²) in [6.45, 7) is 6.85. The quantitative estimate of drug-likeness (QED) is 0.811. The second kappa shape index (κ2) is 4.55. The van der Waals surface area contributed by atoms with Crippen LogP contribution in [0.3, 0.4) is 0 Å². The molecule has 2 aliphatic heterocycles. The molecule has 0 unspecified atom stereocenters. The van der Waals surface area contributed by atoms with E-state index in [-0.39, 0.29) is 0 Å². The van der Waals surface area contributed by atoms with E-state index in [1.54, 1.807) is 0 Å². The molecule has 4 nitrogen and oxygen atoms in total. The maximum atomic E-state index is 4.66. The molecule has 3 rings (SSSR count). The van der Waals surface area contributed by atoms with Crippen LogP contribution >= 0.6 is 0 Å². The summed E-state index contributed by atoms with van der Waals surface area (Å²) in [7, 11) is 0. The van der Waals surface area contributed by atoms with Crippen molar-refractivity contribution >= 4 is 0 Å². The number of nitrogens with zero attached hydrogens (tertiary/aromatic N) is 3. The van der Waals surface area contributed by atoms with E-state index in [0.717, 1.165) is 32.6 Å². The van der Waals surface area contributed by atoms with E-state index in [9.17, 15) is 0 Å². The first-order chi connectivity index (χ1) is 7.92. The molecule has 1 aromatic rings. The van der Waals surface area contributed by atoms with Crippen molar-refractivity contribution in [2.75, 3.05) is 26.2 Å². The standard InChI is InChI=1S/C12H20N4/c1-2-6-15(5-1)7-8-16-10-11-9-13-4-3-12(11)14-16/h10,13H,1-9H2. The zero-order valence-electron chi connectivity index (χ0n) is 9.78. The molecule has 2 aliphatic rings. The molecule has 0 atom stereocenters. The number of hydrogen-bond donors (Lipinski definition) is 1. The van der Waals surface area contributed by atoms with Crippen LogP contribution in [0.2, 0.25) is 0 Å². The minimum atomic E-state index is 0.999. The number of nitrogens with one attached hydrogen (secondary N) is 1. The lowest BCUT2D eigenvalue weighted by molar-refractivity contribution is 0.315. The fraction of sp³-hybridized carbons (Fsp3) is 0.750. The minimum absolute atomic E-state index is 0.999. The molecule has 4 heteroatoms. The van der Waals surface area contributed by atoms with Gasteiger partial charge in [-0.15, -0.1) is 0 Å². The number of rotatable bonds is 3. The first-order valence-corrected chi connectivity index (χ1v) is 6.40. The Morgan fingerprint density at radius 1 is 1.25 bits per heavy atom. The van der Waals surface area contributed by atoms with E-state index in [1.165, 1.54) is 37.2 Å². The SMILES string of the molecule is c1c2c(nn1CCN1CCCC1)CCNC2. The summed E-state index contributed by atoms with van der Waals surface area (Å²) in [6, 6.07) is 0. The number of likely N-dealkylation sites (tertiary alicyclic amines) is 1. The van der Waals surface area contributed by atoms with Gasteiger partial charge >= 0.3 is 0 Å². The Hall–Kier alpha value is -0.870. The van der Waals surface area contributed by atoms with Gasteiger partial charge in [0.25, 0.3) is 0 Å². The van der Waals surface area contributed by atoms with Crippen LogP contribution in [-0.2, 0) is 19.5 Å². The lowest BCUT2D eigenvalue weighted by atomic mass is 10.1. The van der Waals surface area contributed by atoms with E-state index in [0.29, 0.717) is 0 Å². The summed E-state index contributed by atoms with van der Waals surface area (Å²) in [5.74, 6) is 0. The highest BCUT2D eigenvalue weighted by Crippen LogP contribution is 2.12. The molecule has 1 fully saturated rings. The van der Waals surface area contributed by atoms with Crippen LogP contribution < -0.4 is 5.32 Å². The molecule has 1 aromatic heterocycles. The lowest BCUT2D eigenvalue weighted by Crippen LogP contribution is -2.24. The molecule has 3 heterocycles. The Kier molecular flexibility index (Phi) is 2.93. The third-order valence-electron chi connectivity index (χ3n) is 3.62. The first-order valence-electron chi connectivity index (χ1n) is 6.40. The average molecular weight is 220 g/mol. The van der Waals surface area contributed by atoms with Crippen LogP contribution in [0.1, 0.15) is 24.1 Å². The summed E-state index contributed by atoms with van der Waals surface area (Å²) in [4.78, 5) is 2.54. The zero-order chi connectivity index (χ0) is 10.8. The van der Waals surface area contributed by atoms with Gasteiger partial charge in [0.15, 0.2) is 0 Å². The van der Waals surface area contributed by atoms with Crippen molar-refractivity contribution in [2.24, 2.45) is 0 Å². The highest BCUT2D eigenvalue weighted by atomic mass is 15.3. The average Bonchev–Trinajstić information content (AvgIpc) is 2.95.